The molecule has 1 aliphatic rings. The number of aryl methyl sites for hydroxylation is 2. The topological polar surface area (TPSA) is 82.2 Å². The Bertz CT molecular complexity index is 1590. The third kappa shape index (κ3) is 3.35. The SMILES string of the molecule is Cn1c(SCc2cc(=O)n3nc(-c4cccs4)sc3n2)nc2sc3c(c2c1=O)CCCC3. The van der Waals surface area contributed by atoms with Crippen molar-refractivity contribution in [2.75, 3.05) is 0 Å². The largest absolute Gasteiger partial charge is 0.290 e. The summed E-state index contributed by atoms with van der Waals surface area (Å²) in [6.45, 7) is 0. The Morgan fingerprint density at radius 1 is 1.16 bits per heavy atom. The average Bonchev–Trinajstić information content (AvgIpc) is 3.53. The summed E-state index contributed by atoms with van der Waals surface area (Å²) in [5.41, 5.74) is 1.67. The molecule has 6 rings (SSSR count). The first kappa shape index (κ1) is 20.3. The van der Waals surface area contributed by atoms with E-state index in [0.29, 0.717) is 21.6 Å². The number of thiophene rings is 2. The predicted molar refractivity (Wildman–Crippen MR) is 132 cm³/mol. The molecule has 0 atom stereocenters. The maximum absolute atomic E-state index is 13.1. The Hall–Kier alpha value is -2.34. The summed E-state index contributed by atoms with van der Waals surface area (Å²) in [7, 11) is 1.77. The van der Waals surface area contributed by atoms with Crippen LogP contribution in [0.3, 0.4) is 0 Å². The zero-order chi connectivity index (χ0) is 21.8. The molecule has 162 valence electrons. The molecule has 0 aromatic carbocycles. The molecule has 1 aliphatic carbocycles. The summed E-state index contributed by atoms with van der Waals surface area (Å²) < 4.78 is 2.98. The lowest BCUT2D eigenvalue weighted by molar-refractivity contribution is 0.695. The van der Waals surface area contributed by atoms with Crippen LogP contribution in [0.2, 0.25) is 0 Å². The summed E-state index contributed by atoms with van der Waals surface area (Å²) in [5, 5.41) is 8.62. The lowest BCUT2D eigenvalue weighted by Gasteiger charge is -2.10. The zero-order valence-corrected chi connectivity index (χ0v) is 20.3. The molecule has 0 spiro atoms. The highest BCUT2D eigenvalue weighted by molar-refractivity contribution is 7.98. The number of hydrogen-bond donors (Lipinski definition) is 0. The van der Waals surface area contributed by atoms with E-state index in [-0.39, 0.29) is 11.1 Å². The quantitative estimate of drug-likeness (QED) is 0.270. The third-order valence-electron chi connectivity index (χ3n) is 5.53. The van der Waals surface area contributed by atoms with Crippen molar-refractivity contribution in [1.82, 2.24) is 24.1 Å². The summed E-state index contributed by atoms with van der Waals surface area (Å²) in [6.07, 6.45) is 4.32. The first-order valence-electron chi connectivity index (χ1n) is 10.2. The van der Waals surface area contributed by atoms with Gasteiger partial charge in [0, 0.05) is 23.7 Å². The second kappa shape index (κ2) is 7.91. The van der Waals surface area contributed by atoms with Crippen molar-refractivity contribution in [2.24, 2.45) is 7.05 Å². The van der Waals surface area contributed by atoms with Crippen LogP contribution in [0.4, 0.5) is 0 Å². The van der Waals surface area contributed by atoms with E-state index in [1.54, 1.807) is 34.3 Å². The fourth-order valence-electron chi connectivity index (χ4n) is 3.96. The van der Waals surface area contributed by atoms with Crippen molar-refractivity contribution >= 4 is 60.9 Å². The Morgan fingerprint density at radius 2 is 2.03 bits per heavy atom. The Balaban J connectivity index is 1.33. The van der Waals surface area contributed by atoms with Crippen LogP contribution in [0, 0.1) is 0 Å². The van der Waals surface area contributed by atoms with Gasteiger partial charge >= 0.3 is 0 Å². The van der Waals surface area contributed by atoms with Crippen molar-refractivity contribution in [3.63, 3.8) is 0 Å². The molecular formula is C21H17N5O2S4. The fraction of sp³-hybridized carbons (Fsp3) is 0.286. The van der Waals surface area contributed by atoms with Gasteiger partial charge in [-0.3, -0.25) is 14.2 Å². The molecule has 7 nitrogen and oxygen atoms in total. The molecule has 0 saturated heterocycles. The standard InChI is InChI=1S/C21H17N5O2S4/c1-25-19(28)16-12-5-2-3-6-13(12)31-18(16)23-20(25)30-10-11-9-15(27)26-21(22-11)32-17(24-26)14-7-4-8-29-14/h4,7-9H,2-3,5-6,10H2,1H3. The van der Waals surface area contributed by atoms with Gasteiger partial charge in [-0.25, -0.2) is 9.97 Å². The minimum absolute atomic E-state index is 0.0171. The third-order valence-corrected chi connectivity index (χ3v) is 9.73. The number of thioether (sulfide) groups is 1. The molecule has 0 unspecified atom stereocenters. The number of fused-ring (bicyclic) bond motifs is 4. The number of rotatable bonds is 4. The van der Waals surface area contributed by atoms with Crippen molar-refractivity contribution in [1.29, 1.82) is 0 Å². The van der Waals surface area contributed by atoms with E-state index in [0.717, 1.165) is 39.4 Å². The van der Waals surface area contributed by atoms with Gasteiger partial charge in [0.1, 0.15) is 4.83 Å². The van der Waals surface area contributed by atoms with E-state index in [2.05, 4.69) is 10.1 Å². The van der Waals surface area contributed by atoms with Gasteiger partial charge in [-0.1, -0.05) is 29.2 Å². The maximum atomic E-state index is 13.1. The van der Waals surface area contributed by atoms with Crippen LogP contribution in [-0.2, 0) is 25.6 Å². The van der Waals surface area contributed by atoms with Crippen molar-refractivity contribution < 1.29 is 0 Å². The van der Waals surface area contributed by atoms with Gasteiger partial charge in [0.2, 0.25) is 4.96 Å². The Morgan fingerprint density at radius 3 is 2.88 bits per heavy atom. The molecule has 11 heteroatoms. The molecule has 5 heterocycles. The van der Waals surface area contributed by atoms with Crippen molar-refractivity contribution in [2.45, 2.75) is 36.6 Å². The van der Waals surface area contributed by atoms with E-state index in [4.69, 9.17) is 4.98 Å². The van der Waals surface area contributed by atoms with E-state index in [9.17, 15) is 9.59 Å². The summed E-state index contributed by atoms with van der Waals surface area (Å²) in [4.78, 5) is 38.8. The second-order valence-corrected chi connectivity index (χ2v) is 11.5. The molecule has 5 aromatic heterocycles. The maximum Gasteiger partial charge on any atom is 0.275 e. The molecule has 5 aromatic rings. The van der Waals surface area contributed by atoms with Crippen LogP contribution in [0.5, 0.6) is 0 Å². The molecular weight excluding hydrogens is 483 g/mol. The molecule has 0 radical (unpaired) electrons. The van der Waals surface area contributed by atoms with Crippen LogP contribution in [0.25, 0.3) is 25.1 Å². The molecule has 0 bridgehead atoms. The molecule has 0 fully saturated rings. The minimum atomic E-state index is -0.201. The van der Waals surface area contributed by atoms with Crippen molar-refractivity contribution in [3.05, 3.63) is 60.4 Å². The lowest BCUT2D eigenvalue weighted by Crippen LogP contribution is -2.20. The van der Waals surface area contributed by atoms with Gasteiger partial charge in [-0.05, 0) is 42.7 Å². The highest BCUT2D eigenvalue weighted by Crippen LogP contribution is 2.35. The van der Waals surface area contributed by atoms with Crippen LogP contribution >= 0.6 is 45.8 Å². The van der Waals surface area contributed by atoms with E-state index in [1.807, 2.05) is 17.5 Å². The highest BCUT2D eigenvalue weighted by atomic mass is 32.2. The molecule has 0 saturated carbocycles. The zero-order valence-electron chi connectivity index (χ0n) is 17.0. The smallest absolute Gasteiger partial charge is 0.275 e. The van der Waals surface area contributed by atoms with E-state index in [1.165, 1.54) is 50.5 Å². The summed E-state index contributed by atoms with van der Waals surface area (Å²) in [5.74, 6) is 0.453. The summed E-state index contributed by atoms with van der Waals surface area (Å²) >= 11 is 6.07. The first-order chi connectivity index (χ1) is 15.6. The van der Waals surface area contributed by atoms with Gasteiger partial charge < -0.3 is 0 Å². The monoisotopic (exact) mass is 499 g/mol. The molecule has 0 aliphatic heterocycles. The van der Waals surface area contributed by atoms with Gasteiger partial charge in [0.05, 0.1) is 16.0 Å². The summed E-state index contributed by atoms with van der Waals surface area (Å²) in [6, 6.07) is 5.45. The van der Waals surface area contributed by atoms with E-state index >= 15 is 0 Å². The number of nitrogens with zero attached hydrogens (tertiary/aromatic N) is 5. The van der Waals surface area contributed by atoms with Crippen LogP contribution in [-0.4, -0.2) is 24.1 Å². The van der Waals surface area contributed by atoms with Gasteiger partial charge in [-0.2, -0.15) is 9.61 Å². The van der Waals surface area contributed by atoms with Crippen LogP contribution in [0.1, 0.15) is 29.0 Å². The molecule has 0 amide bonds. The number of aromatic nitrogens is 5. The van der Waals surface area contributed by atoms with Gasteiger partial charge in [-0.15, -0.1) is 22.7 Å². The fourth-order valence-corrected chi connectivity index (χ4v) is 7.85. The van der Waals surface area contributed by atoms with Crippen molar-refractivity contribution in [3.8, 4) is 9.88 Å². The first-order valence-corrected chi connectivity index (χ1v) is 13.7. The number of hydrogen-bond acceptors (Lipinski definition) is 9. The van der Waals surface area contributed by atoms with Crippen LogP contribution in [0.15, 0.2) is 38.3 Å². The average molecular weight is 500 g/mol. The normalized spacial score (nSPS) is 13.8. The van der Waals surface area contributed by atoms with Crippen LogP contribution < -0.4 is 11.1 Å². The van der Waals surface area contributed by atoms with Gasteiger partial charge in [0.25, 0.3) is 11.1 Å². The highest BCUT2D eigenvalue weighted by Gasteiger charge is 2.21. The molecule has 0 N–H and O–H groups in total. The Labute approximate surface area is 198 Å². The minimum Gasteiger partial charge on any atom is -0.290 e. The van der Waals surface area contributed by atoms with Gasteiger partial charge in [0.15, 0.2) is 10.2 Å². The molecule has 32 heavy (non-hydrogen) atoms. The van der Waals surface area contributed by atoms with E-state index < -0.39 is 0 Å². The second-order valence-electron chi connectivity index (χ2n) is 7.60. The Kier molecular flexibility index (Phi) is 5.01. The predicted octanol–water partition coefficient (Wildman–Crippen LogP) is 4.36. The lowest BCUT2D eigenvalue weighted by atomic mass is 9.97.